The second-order valence-corrected chi connectivity index (χ2v) is 8.13. The number of aryl methyl sites for hydroxylation is 2. The summed E-state index contributed by atoms with van der Waals surface area (Å²) >= 11 is 1.65. The summed E-state index contributed by atoms with van der Waals surface area (Å²) in [5.41, 5.74) is 13.1. The first-order valence-corrected chi connectivity index (χ1v) is 9.50. The normalized spacial score (nSPS) is 11.3. The molecule has 0 amide bonds. The van der Waals surface area contributed by atoms with Crippen LogP contribution < -0.4 is 5.73 Å². The predicted molar refractivity (Wildman–Crippen MR) is 109 cm³/mol. The summed E-state index contributed by atoms with van der Waals surface area (Å²) in [5, 5.41) is 12.4. The summed E-state index contributed by atoms with van der Waals surface area (Å²) in [5.74, 6) is 0. The van der Waals surface area contributed by atoms with E-state index in [4.69, 9.17) is 10.7 Å². The lowest BCUT2D eigenvalue weighted by Crippen LogP contribution is -2.13. The lowest BCUT2D eigenvalue weighted by molar-refractivity contribution is 0.687. The molecule has 0 radical (unpaired) electrons. The third-order valence-corrected chi connectivity index (χ3v) is 5.72. The Labute approximate surface area is 159 Å². The number of nitrogen functional groups attached to an aromatic ring is 1. The van der Waals surface area contributed by atoms with Crippen molar-refractivity contribution in [1.82, 2.24) is 4.98 Å². The summed E-state index contributed by atoms with van der Waals surface area (Å²) in [6, 6.07) is 14.7. The topological polar surface area (TPSA) is 62.7 Å². The van der Waals surface area contributed by atoms with Gasteiger partial charge in [0, 0.05) is 23.1 Å². The highest BCUT2D eigenvalue weighted by Crippen LogP contribution is 2.29. The number of benzene rings is 2. The largest absolute Gasteiger partial charge is 0.399 e. The lowest BCUT2D eigenvalue weighted by atomic mass is 9.86. The number of rotatable bonds is 4. The smallest absolute Gasteiger partial charge is 0.123 e. The molecule has 0 aliphatic rings. The zero-order chi connectivity index (χ0) is 18.9. The molecular weight excluding hydrogens is 338 g/mol. The summed E-state index contributed by atoms with van der Waals surface area (Å²) in [6.45, 7) is 7.99. The van der Waals surface area contributed by atoms with E-state index in [9.17, 15) is 5.26 Å². The van der Waals surface area contributed by atoms with Crippen LogP contribution in [0.25, 0.3) is 10.6 Å². The number of nitriles is 1. The van der Waals surface area contributed by atoms with E-state index in [-0.39, 0.29) is 0 Å². The molecule has 1 aromatic heterocycles. The molecule has 0 fully saturated rings. The van der Waals surface area contributed by atoms with Gasteiger partial charge in [0.1, 0.15) is 5.01 Å². The van der Waals surface area contributed by atoms with Crippen molar-refractivity contribution in [2.24, 2.45) is 0 Å². The molecule has 0 atom stereocenters. The molecule has 26 heavy (non-hydrogen) atoms. The molecule has 0 aliphatic carbocycles. The number of nitrogens with zero attached hydrogens (tertiary/aromatic N) is 2. The van der Waals surface area contributed by atoms with Crippen molar-refractivity contribution >= 4 is 17.0 Å². The molecule has 2 aromatic carbocycles. The van der Waals surface area contributed by atoms with Crippen LogP contribution in [0, 0.1) is 25.2 Å². The van der Waals surface area contributed by atoms with Crippen molar-refractivity contribution in [2.45, 2.75) is 39.5 Å². The summed E-state index contributed by atoms with van der Waals surface area (Å²) in [6.07, 6.45) is 0.809. The molecule has 3 aromatic rings. The molecule has 132 valence electrons. The van der Waals surface area contributed by atoms with Gasteiger partial charge in [-0.3, -0.25) is 0 Å². The Bertz CT molecular complexity index is 976. The predicted octanol–water partition coefficient (Wildman–Crippen LogP) is 5.40. The van der Waals surface area contributed by atoms with Crippen LogP contribution in [0.2, 0.25) is 0 Å². The van der Waals surface area contributed by atoms with E-state index in [1.165, 1.54) is 11.1 Å². The first kappa shape index (κ1) is 18.2. The van der Waals surface area contributed by atoms with Gasteiger partial charge in [-0.05, 0) is 56.0 Å². The van der Waals surface area contributed by atoms with Crippen LogP contribution >= 0.6 is 11.3 Å². The number of thiazole rings is 1. The van der Waals surface area contributed by atoms with E-state index >= 15 is 0 Å². The Balaban J connectivity index is 1.82. The van der Waals surface area contributed by atoms with Gasteiger partial charge in [0.25, 0.3) is 0 Å². The van der Waals surface area contributed by atoms with Crippen molar-refractivity contribution in [3.05, 3.63) is 69.7 Å². The number of anilines is 1. The van der Waals surface area contributed by atoms with Crippen LogP contribution in [0.15, 0.2) is 41.8 Å². The number of nitrogens with two attached hydrogens (primary N) is 1. The number of hydrogen-bond acceptors (Lipinski definition) is 4. The Morgan fingerprint density at radius 2 is 1.81 bits per heavy atom. The van der Waals surface area contributed by atoms with Crippen LogP contribution in [0.1, 0.15) is 41.8 Å². The highest BCUT2D eigenvalue weighted by molar-refractivity contribution is 7.13. The Kier molecular flexibility index (Phi) is 4.84. The average Bonchev–Trinajstić information content (AvgIpc) is 3.08. The third kappa shape index (κ3) is 3.63. The SMILES string of the molecule is Cc1cc(Cc2csc(-c3ccc(C(C)(C)C#N)cc3)n2)c(C)cc1N. The molecule has 2 N–H and O–H groups in total. The number of hydrogen-bond donors (Lipinski definition) is 1. The van der Waals surface area contributed by atoms with E-state index < -0.39 is 5.41 Å². The van der Waals surface area contributed by atoms with Crippen LogP contribution in [0.5, 0.6) is 0 Å². The van der Waals surface area contributed by atoms with Crippen LogP contribution in [0.4, 0.5) is 5.69 Å². The zero-order valence-corrected chi connectivity index (χ0v) is 16.4. The molecule has 3 rings (SSSR count). The molecule has 0 spiro atoms. The van der Waals surface area contributed by atoms with Crippen molar-refractivity contribution in [1.29, 1.82) is 5.26 Å². The minimum atomic E-state index is -0.475. The fourth-order valence-electron chi connectivity index (χ4n) is 2.90. The van der Waals surface area contributed by atoms with Gasteiger partial charge in [0.15, 0.2) is 0 Å². The van der Waals surface area contributed by atoms with Crippen LogP contribution in [0.3, 0.4) is 0 Å². The van der Waals surface area contributed by atoms with E-state index in [0.29, 0.717) is 0 Å². The molecule has 0 saturated heterocycles. The quantitative estimate of drug-likeness (QED) is 0.633. The summed E-state index contributed by atoms with van der Waals surface area (Å²) in [7, 11) is 0. The third-order valence-electron chi connectivity index (χ3n) is 4.78. The Hall–Kier alpha value is -2.64. The standard InChI is InChI=1S/C22H23N3S/c1-14-10-20(24)15(2)9-17(14)11-19-12-26-21(25-19)16-5-7-18(8-6-16)22(3,4)13-23/h5-10,12H,11,24H2,1-4H3. The first-order valence-electron chi connectivity index (χ1n) is 8.62. The fraction of sp³-hybridized carbons (Fsp3) is 0.273. The summed E-state index contributed by atoms with van der Waals surface area (Å²) < 4.78 is 0. The fourth-order valence-corrected chi connectivity index (χ4v) is 3.72. The second-order valence-electron chi connectivity index (χ2n) is 7.27. The second kappa shape index (κ2) is 6.93. The van der Waals surface area contributed by atoms with Crippen molar-refractivity contribution in [2.75, 3.05) is 5.73 Å². The van der Waals surface area contributed by atoms with Crippen LogP contribution in [-0.2, 0) is 11.8 Å². The Morgan fingerprint density at radius 1 is 1.12 bits per heavy atom. The number of aromatic nitrogens is 1. The van der Waals surface area contributed by atoms with Gasteiger partial charge in [-0.25, -0.2) is 4.98 Å². The molecule has 1 heterocycles. The highest BCUT2D eigenvalue weighted by atomic mass is 32.1. The molecule has 3 nitrogen and oxygen atoms in total. The first-order chi connectivity index (χ1) is 12.3. The van der Waals surface area contributed by atoms with E-state index in [0.717, 1.165) is 39.5 Å². The molecule has 0 saturated carbocycles. The molecule has 0 unspecified atom stereocenters. The van der Waals surface area contributed by atoms with Gasteiger partial charge >= 0.3 is 0 Å². The van der Waals surface area contributed by atoms with Crippen molar-refractivity contribution < 1.29 is 0 Å². The van der Waals surface area contributed by atoms with Gasteiger partial charge in [0.05, 0.1) is 17.2 Å². The maximum absolute atomic E-state index is 9.27. The van der Waals surface area contributed by atoms with E-state index in [2.05, 4.69) is 36.6 Å². The van der Waals surface area contributed by atoms with Crippen molar-refractivity contribution in [3.8, 4) is 16.6 Å². The molecular formula is C22H23N3S. The monoisotopic (exact) mass is 361 g/mol. The molecule has 4 heteroatoms. The maximum atomic E-state index is 9.27. The van der Waals surface area contributed by atoms with Gasteiger partial charge < -0.3 is 5.73 Å². The maximum Gasteiger partial charge on any atom is 0.123 e. The molecule has 0 aliphatic heterocycles. The minimum Gasteiger partial charge on any atom is -0.399 e. The minimum absolute atomic E-state index is 0.475. The van der Waals surface area contributed by atoms with Crippen molar-refractivity contribution in [3.63, 3.8) is 0 Å². The highest BCUT2D eigenvalue weighted by Gasteiger charge is 2.19. The summed E-state index contributed by atoms with van der Waals surface area (Å²) in [4.78, 5) is 4.80. The van der Waals surface area contributed by atoms with Gasteiger partial charge in [-0.1, -0.05) is 30.3 Å². The molecule has 0 bridgehead atoms. The lowest BCUT2D eigenvalue weighted by Gasteiger charge is -2.15. The Morgan fingerprint density at radius 3 is 2.46 bits per heavy atom. The van der Waals surface area contributed by atoms with Gasteiger partial charge in [0.2, 0.25) is 0 Å². The van der Waals surface area contributed by atoms with Gasteiger partial charge in [-0.2, -0.15) is 5.26 Å². The van der Waals surface area contributed by atoms with E-state index in [1.54, 1.807) is 11.3 Å². The van der Waals surface area contributed by atoms with E-state index in [1.807, 2.05) is 39.0 Å². The van der Waals surface area contributed by atoms with Crippen LogP contribution in [-0.4, -0.2) is 4.98 Å². The zero-order valence-electron chi connectivity index (χ0n) is 15.6. The van der Waals surface area contributed by atoms with Gasteiger partial charge in [-0.15, -0.1) is 11.3 Å². The average molecular weight is 362 g/mol.